The lowest BCUT2D eigenvalue weighted by Gasteiger charge is -2.22. The van der Waals surface area contributed by atoms with Crippen LogP contribution in [0.25, 0.3) is 5.69 Å². The fourth-order valence-corrected chi connectivity index (χ4v) is 4.52. The SMILES string of the molecule is O=C(Cn1ccn(-c2ccc(Cl)c(C(=O)NC(O)C3CCCCCC3)c2)c1=O)NCC1CC1. The van der Waals surface area contributed by atoms with Crippen molar-refractivity contribution >= 4 is 23.4 Å². The smallest absolute Gasteiger partial charge is 0.333 e. The van der Waals surface area contributed by atoms with Gasteiger partial charge in [0.15, 0.2) is 0 Å². The number of nitrogens with zero attached hydrogens (tertiary/aromatic N) is 2. The molecule has 1 heterocycles. The number of carbonyl (C=O) groups excluding carboxylic acids is 2. The molecule has 2 fully saturated rings. The van der Waals surface area contributed by atoms with E-state index in [1.807, 2.05) is 0 Å². The second-order valence-electron chi connectivity index (χ2n) is 9.16. The summed E-state index contributed by atoms with van der Waals surface area (Å²) < 4.78 is 2.69. The maximum absolute atomic E-state index is 12.9. The molecule has 9 heteroatoms. The molecule has 2 amide bonds. The Labute approximate surface area is 197 Å². The van der Waals surface area contributed by atoms with Crippen LogP contribution in [0.4, 0.5) is 0 Å². The monoisotopic (exact) mass is 474 g/mol. The van der Waals surface area contributed by atoms with E-state index in [-0.39, 0.29) is 34.6 Å². The summed E-state index contributed by atoms with van der Waals surface area (Å²) >= 11 is 6.27. The molecule has 1 aromatic heterocycles. The summed E-state index contributed by atoms with van der Waals surface area (Å²) in [6, 6.07) is 4.71. The van der Waals surface area contributed by atoms with Crippen molar-refractivity contribution in [3.05, 3.63) is 51.7 Å². The van der Waals surface area contributed by atoms with Gasteiger partial charge in [0.1, 0.15) is 12.8 Å². The number of benzene rings is 1. The number of aromatic nitrogens is 2. The van der Waals surface area contributed by atoms with Gasteiger partial charge in [-0.3, -0.25) is 18.7 Å². The minimum absolute atomic E-state index is 0.0288. The van der Waals surface area contributed by atoms with Crippen molar-refractivity contribution < 1.29 is 14.7 Å². The van der Waals surface area contributed by atoms with Crippen molar-refractivity contribution in [2.45, 2.75) is 64.1 Å². The molecule has 1 aromatic carbocycles. The number of halogens is 1. The van der Waals surface area contributed by atoms with E-state index >= 15 is 0 Å². The maximum atomic E-state index is 12.9. The largest absolute Gasteiger partial charge is 0.373 e. The molecule has 3 N–H and O–H groups in total. The molecule has 2 aliphatic rings. The number of rotatable bonds is 8. The van der Waals surface area contributed by atoms with Crippen LogP contribution in [0.2, 0.25) is 5.02 Å². The molecule has 0 spiro atoms. The van der Waals surface area contributed by atoms with E-state index in [1.54, 1.807) is 24.5 Å². The first-order chi connectivity index (χ1) is 15.9. The van der Waals surface area contributed by atoms with E-state index in [0.717, 1.165) is 51.4 Å². The number of hydrogen-bond acceptors (Lipinski definition) is 4. The van der Waals surface area contributed by atoms with Crippen LogP contribution in [-0.4, -0.2) is 38.8 Å². The Morgan fingerprint density at radius 1 is 1.09 bits per heavy atom. The van der Waals surface area contributed by atoms with Crippen molar-refractivity contribution in [3.8, 4) is 5.69 Å². The van der Waals surface area contributed by atoms with E-state index in [9.17, 15) is 19.5 Å². The number of imidazole rings is 1. The number of aliphatic hydroxyl groups excluding tert-OH is 1. The Hall–Kier alpha value is -2.58. The van der Waals surface area contributed by atoms with Crippen LogP contribution in [0.3, 0.4) is 0 Å². The molecule has 2 aliphatic carbocycles. The average molecular weight is 475 g/mol. The van der Waals surface area contributed by atoms with Crippen molar-refractivity contribution in [1.82, 2.24) is 19.8 Å². The molecular formula is C24H31ClN4O4. The van der Waals surface area contributed by atoms with Crippen LogP contribution in [-0.2, 0) is 11.3 Å². The second-order valence-corrected chi connectivity index (χ2v) is 9.57. The fourth-order valence-electron chi connectivity index (χ4n) is 4.31. The van der Waals surface area contributed by atoms with E-state index in [1.165, 1.54) is 15.2 Å². The van der Waals surface area contributed by atoms with Gasteiger partial charge in [0.05, 0.1) is 16.3 Å². The Morgan fingerprint density at radius 2 is 1.82 bits per heavy atom. The highest BCUT2D eigenvalue weighted by Crippen LogP contribution is 2.27. The van der Waals surface area contributed by atoms with Crippen molar-refractivity contribution in [2.24, 2.45) is 11.8 Å². The quantitative estimate of drug-likeness (QED) is 0.404. The average Bonchev–Trinajstić information content (AvgIpc) is 3.60. The Morgan fingerprint density at radius 3 is 2.52 bits per heavy atom. The second kappa shape index (κ2) is 10.6. The van der Waals surface area contributed by atoms with Crippen LogP contribution < -0.4 is 16.3 Å². The van der Waals surface area contributed by atoms with Crippen molar-refractivity contribution in [3.63, 3.8) is 0 Å². The molecule has 0 bridgehead atoms. The summed E-state index contributed by atoms with van der Waals surface area (Å²) in [5.41, 5.74) is 0.253. The van der Waals surface area contributed by atoms with Crippen LogP contribution in [0.1, 0.15) is 61.7 Å². The molecular weight excluding hydrogens is 444 g/mol. The van der Waals surface area contributed by atoms with Gasteiger partial charge in [-0.2, -0.15) is 0 Å². The van der Waals surface area contributed by atoms with Crippen LogP contribution in [0, 0.1) is 11.8 Å². The van der Waals surface area contributed by atoms with Gasteiger partial charge in [0.2, 0.25) is 5.91 Å². The van der Waals surface area contributed by atoms with Gasteiger partial charge in [0, 0.05) is 24.9 Å². The Balaban J connectivity index is 1.45. The predicted molar refractivity (Wildman–Crippen MR) is 125 cm³/mol. The maximum Gasteiger partial charge on any atom is 0.333 e. The highest BCUT2D eigenvalue weighted by molar-refractivity contribution is 6.33. The van der Waals surface area contributed by atoms with Crippen LogP contribution in [0.15, 0.2) is 35.4 Å². The summed E-state index contributed by atoms with van der Waals surface area (Å²) in [5, 5.41) is 16.3. The molecule has 33 heavy (non-hydrogen) atoms. The van der Waals surface area contributed by atoms with Gasteiger partial charge < -0.3 is 15.7 Å². The molecule has 178 valence electrons. The zero-order chi connectivity index (χ0) is 23.4. The number of nitrogens with one attached hydrogen (secondary N) is 2. The molecule has 0 radical (unpaired) electrons. The van der Waals surface area contributed by atoms with Gasteiger partial charge in [-0.25, -0.2) is 4.79 Å². The van der Waals surface area contributed by atoms with Crippen molar-refractivity contribution in [2.75, 3.05) is 6.54 Å². The summed E-state index contributed by atoms with van der Waals surface area (Å²) in [4.78, 5) is 37.8. The molecule has 2 aromatic rings. The summed E-state index contributed by atoms with van der Waals surface area (Å²) in [5.74, 6) is -0.0907. The zero-order valence-corrected chi connectivity index (χ0v) is 19.4. The minimum Gasteiger partial charge on any atom is -0.373 e. The minimum atomic E-state index is -0.937. The third-order valence-corrected chi connectivity index (χ3v) is 6.87. The van der Waals surface area contributed by atoms with E-state index in [4.69, 9.17) is 11.6 Å². The molecule has 4 rings (SSSR count). The number of hydrogen-bond donors (Lipinski definition) is 3. The van der Waals surface area contributed by atoms with Gasteiger partial charge in [-0.15, -0.1) is 0 Å². The predicted octanol–water partition coefficient (Wildman–Crippen LogP) is 2.84. The van der Waals surface area contributed by atoms with Gasteiger partial charge in [-0.05, 0) is 49.8 Å². The highest BCUT2D eigenvalue weighted by Gasteiger charge is 2.24. The molecule has 8 nitrogen and oxygen atoms in total. The van der Waals surface area contributed by atoms with Crippen LogP contribution in [0.5, 0.6) is 0 Å². The first kappa shape index (κ1) is 23.6. The normalized spacial score (nSPS) is 17.9. The molecule has 1 unspecified atom stereocenters. The van der Waals surface area contributed by atoms with E-state index in [2.05, 4.69) is 10.6 Å². The topological polar surface area (TPSA) is 105 Å². The fraction of sp³-hybridized carbons (Fsp3) is 0.542. The summed E-state index contributed by atoms with van der Waals surface area (Å²) in [6.07, 6.45) is 10.6. The summed E-state index contributed by atoms with van der Waals surface area (Å²) in [7, 11) is 0. The lowest BCUT2D eigenvalue weighted by Crippen LogP contribution is -2.40. The standard InChI is InChI=1S/C24H31ClN4O4/c25-20-10-9-18(13-19(20)23(32)27-22(31)17-5-3-1-2-4-6-17)29-12-11-28(24(29)33)15-21(30)26-14-16-7-8-16/h9-13,16-17,22,31H,1-8,14-15H2,(H,26,30)(H,27,32). The first-order valence-corrected chi connectivity index (χ1v) is 12.1. The van der Waals surface area contributed by atoms with Crippen molar-refractivity contribution in [1.29, 1.82) is 0 Å². The highest BCUT2D eigenvalue weighted by atomic mass is 35.5. The van der Waals surface area contributed by atoms with Gasteiger partial charge in [-0.1, -0.05) is 37.3 Å². The molecule has 2 saturated carbocycles. The zero-order valence-electron chi connectivity index (χ0n) is 18.6. The number of aliphatic hydroxyl groups is 1. The lowest BCUT2D eigenvalue weighted by molar-refractivity contribution is -0.121. The Bertz CT molecular complexity index is 1050. The van der Waals surface area contributed by atoms with Gasteiger partial charge >= 0.3 is 5.69 Å². The molecule has 0 aliphatic heterocycles. The first-order valence-electron chi connectivity index (χ1n) is 11.8. The number of carbonyl (C=O) groups is 2. The molecule has 1 atom stereocenters. The number of amides is 2. The third kappa shape index (κ3) is 6.06. The third-order valence-electron chi connectivity index (χ3n) is 6.54. The summed E-state index contributed by atoms with van der Waals surface area (Å²) in [6.45, 7) is 0.587. The lowest BCUT2D eigenvalue weighted by atomic mass is 9.98. The van der Waals surface area contributed by atoms with Gasteiger partial charge in [0.25, 0.3) is 5.91 Å². The van der Waals surface area contributed by atoms with E-state index < -0.39 is 12.1 Å². The Kier molecular flexibility index (Phi) is 7.55. The van der Waals surface area contributed by atoms with Crippen LogP contribution >= 0.6 is 11.6 Å². The van der Waals surface area contributed by atoms with E-state index in [0.29, 0.717) is 18.2 Å². The molecule has 0 saturated heterocycles.